The molecule has 0 fully saturated rings. The fourth-order valence-electron chi connectivity index (χ4n) is 2.65. The van der Waals surface area contributed by atoms with Crippen LogP contribution in [0.3, 0.4) is 0 Å². The first kappa shape index (κ1) is 17.0. The largest absolute Gasteiger partial charge is 0.236 e. The number of halogens is 1. The normalized spacial score (nSPS) is 11.2. The number of aryl methyl sites for hydroxylation is 1. The lowest BCUT2D eigenvalue weighted by atomic mass is 10.1. The summed E-state index contributed by atoms with van der Waals surface area (Å²) in [5, 5.41) is 14.2. The van der Waals surface area contributed by atoms with Gasteiger partial charge < -0.3 is 0 Å². The lowest BCUT2D eigenvalue weighted by molar-refractivity contribution is 0.570. The number of nitrogens with zero attached hydrogens (tertiary/aromatic N) is 5. The van der Waals surface area contributed by atoms with Crippen LogP contribution in [0.15, 0.2) is 59.5 Å². The van der Waals surface area contributed by atoms with Crippen molar-refractivity contribution in [2.75, 3.05) is 0 Å². The van der Waals surface area contributed by atoms with Gasteiger partial charge in [0, 0.05) is 15.8 Å². The smallest absolute Gasteiger partial charge is 0.185 e. The van der Waals surface area contributed by atoms with Crippen LogP contribution < -0.4 is 0 Å². The van der Waals surface area contributed by atoms with Crippen LogP contribution in [0, 0.1) is 6.92 Å². The first-order valence-corrected chi connectivity index (χ1v) is 9.54. The summed E-state index contributed by atoms with van der Waals surface area (Å²) in [5.41, 5.74) is 2.95. The molecule has 0 aliphatic carbocycles. The van der Waals surface area contributed by atoms with Crippen LogP contribution in [0.5, 0.6) is 0 Å². The van der Waals surface area contributed by atoms with Crippen LogP contribution in [0.1, 0.15) is 17.0 Å². The van der Waals surface area contributed by atoms with E-state index in [1.807, 2.05) is 36.4 Å². The van der Waals surface area contributed by atoms with Crippen LogP contribution in [-0.2, 0) is 12.3 Å². The second kappa shape index (κ2) is 7.43. The molecule has 0 unspecified atom stereocenters. The molecule has 26 heavy (non-hydrogen) atoms. The summed E-state index contributed by atoms with van der Waals surface area (Å²) in [5.74, 6) is 1.37. The van der Waals surface area contributed by atoms with Crippen LogP contribution in [0.2, 0.25) is 5.15 Å². The molecule has 0 bridgehead atoms. The summed E-state index contributed by atoms with van der Waals surface area (Å²) in [6.45, 7) is 2.50. The Bertz CT molecular complexity index is 1050. The van der Waals surface area contributed by atoms with E-state index in [9.17, 15) is 0 Å². The fraction of sp³-hybridized carbons (Fsp3) is 0.158. The molecule has 4 rings (SSSR count). The van der Waals surface area contributed by atoms with Crippen molar-refractivity contribution in [1.82, 2.24) is 25.2 Å². The Hall–Kier alpha value is -2.44. The quantitative estimate of drug-likeness (QED) is 0.375. The summed E-state index contributed by atoms with van der Waals surface area (Å²) in [6, 6.07) is 18.3. The first-order valence-electron chi connectivity index (χ1n) is 8.18. The minimum atomic E-state index is 0.443. The molecule has 2 aromatic heterocycles. The van der Waals surface area contributed by atoms with Gasteiger partial charge in [-0.25, -0.2) is 4.98 Å². The first-order chi connectivity index (χ1) is 12.7. The van der Waals surface area contributed by atoms with Gasteiger partial charge in [0.2, 0.25) is 0 Å². The predicted molar refractivity (Wildman–Crippen MR) is 104 cm³/mol. The zero-order valence-electron chi connectivity index (χ0n) is 14.1. The van der Waals surface area contributed by atoms with E-state index in [2.05, 4.69) is 45.5 Å². The topological polar surface area (TPSA) is 56.5 Å². The Labute approximate surface area is 160 Å². The van der Waals surface area contributed by atoms with E-state index in [0.717, 1.165) is 16.5 Å². The number of hydrogen-bond acceptors (Lipinski definition) is 5. The van der Waals surface area contributed by atoms with Crippen LogP contribution in [0.25, 0.3) is 10.9 Å². The van der Waals surface area contributed by atoms with E-state index >= 15 is 0 Å². The fourth-order valence-corrected chi connectivity index (χ4v) is 3.61. The van der Waals surface area contributed by atoms with Crippen molar-refractivity contribution in [2.24, 2.45) is 0 Å². The molecule has 0 aliphatic rings. The molecule has 7 heteroatoms. The highest BCUT2D eigenvalue weighted by atomic mass is 35.5. The zero-order valence-corrected chi connectivity index (χ0v) is 15.7. The second-order valence-electron chi connectivity index (χ2n) is 5.97. The van der Waals surface area contributed by atoms with Gasteiger partial charge in [-0.3, -0.25) is 0 Å². The molecular weight excluding hydrogens is 366 g/mol. The average molecular weight is 382 g/mol. The standard InChI is InChI=1S/C19H16ClN5S/c1-13-7-8-17-14(9-13)10-15(19(20)21-17)11-25-23-18(22-24-25)12-26-16-5-3-2-4-6-16/h2-10H,11-12H2,1H3. The summed E-state index contributed by atoms with van der Waals surface area (Å²) in [7, 11) is 0. The number of tetrazole rings is 1. The third-order valence-corrected chi connectivity index (χ3v) is 5.25. The average Bonchev–Trinajstić information content (AvgIpc) is 3.09. The highest BCUT2D eigenvalue weighted by Crippen LogP contribution is 2.23. The molecule has 0 spiro atoms. The van der Waals surface area contributed by atoms with Gasteiger partial charge in [0.15, 0.2) is 5.82 Å². The Morgan fingerprint density at radius 1 is 1.08 bits per heavy atom. The van der Waals surface area contributed by atoms with Gasteiger partial charge in [0.1, 0.15) is 5.15 Å². The van der Waals surface area contributed by atoms with E-state index in [-0.39, 0.29) is 0 Å². The van der Waals surface area contributed by atoms with Gasteiger partial charge in [-0.15, -0.1) is 22.0 Å². The number of hydrogen-bond donors (Lipinski definition) is 0. The predicted octanol–water partition coefficient (Wildman–Crippen LogP) is 4.52. The maximum atomic E-state index is 6.34. The number of thioether (sulfide) groups is 1. The van der Waals surface area contributed by atoms with Gasteiger partial charge in [0.05, 0.1) is 17.8 Å². The zero-order chi connectivity index (χ0) is 17.9. The van der Waals surface area contributed by atoms with Crippen LogP contribution in [0.4, 0.5) is 0 Å². The Balaban J connectivity index is 1.50. The summed E-state index contributed by atoms with van der Waals surface area (Å²) < 4.78 is 0. The summed E-state index contributed by atoms with van der Waals surface area (Å²) in [4.78, 5) is 7.21. The van der Waals surface area contributed by atoms with Gasteiger partial charge in [-0.1, -0.05) is 41.4 Å². The highest BCUT2D eigenvalue weighted by molar-refractivity contribution is 7.98. The molecule has 130 valence electrons. The minimum absolute atomic E-state index is 0.443. The molecule has 0 saturated heterocycles. The van der Waals surface area contributed by atoms with Crippen molar-refractivity contribution < 1.29 is 0 Å². The molecule has 0 N–H and O–H groups in total. The maximum absolute atomic E-state index is 6.34. The third kappa shape index (κ3) is 3.86. The van der Waals surface area contributed by atoms with Crippen LogP contribution in [-0.4, -0.2) is 25.2 Å². The molecule has 0 radical (unpaired) electrons. The van der Waals surface area contributed by atoms with Gasteiger partial charge in [-0.2, -0.15) is 4.80 Å². The van der Waals surface area contributed by atoms with Gasteiger partial charge >= 0.3 is 0 Å². The van der Waals surface area contributed by atoms with E-state index in [1.54, 1.807) is 16.6 Å². The van der Waals surface area contributed by atoms with Crippen molar-refractivity contribution in [3.8, 4) is 0 Å². The second-order valence-corrected chi connectivity index (χ2v) is 7.38. The molecule has 5 nitrogen and oxygen atoms in total. The highest BCUT2D eigenvalue weighted by Gasteiger charge is 2.09. The van der Waals surface area contributed by atoms with E-state index in [4.69, 9.17) is 11.6 Å². The van der Waals surface area contributed by atoms with E-state index < -0.39 is 0 Å². The van der Waals surface area contributed by atoms with Gasteiger partial charge in [-0.05, 0) is 42.5 Å². The summed E-state index contributed by atoms with van der Waals surface area (Å²) in [6.07, 6.45) is 0. The third-order valence-electron chi connectivity index (χ3n) is 3.91. The monoisotopic (exact) mass is 381 g/mol. The number of benzene rings is 2. The molecule has 0 aliphatic heterocycles. The molecule has 0 saturated carbocycles. The van der Waals surface area contributed by atoms with Crippen molar-refractivity contribution in [1.29, 1.82) is 0 Å². The molecule has 0 amide bonds. The number of rotatable bonds is 5. The Kier molecular flexibility index (Phi) is 4.86. The lowest BCUT2D eigenvalue weighted by Gasteiger charge is -2.06. The van der Waals surface area contributed by atoms with Crippen LogP contribution >= 0.6 is 23.4 Å². The minimum Gasteiger partial charge on any atom is -0.236 e. The maximum Gasteiger partial charge on any atom is 0.185 e. The van der Waals surface area contributed by atoms with Crippen molar-refractivity contribution in [3.05, 3.63) is 76.7 Å². The number of aromatic nitrogens is 5. The van der Waals surface area contributed by atoms with Crippen molar-refractivity contribution in [3.63, 3.8) is 0 Å². The van der Waals surface area contributed by atoms with Crippen molar-refractivity contribution in [2.45, 2.75) is 24.1 Å². The molecule has 4 aromatic rings. The van der Waals surface area contributed by atoms with Gasteiger partial charge in [0.25, 0.3) is 0 Å². The summed E-state index contributed by atoms with van der Waals surface area (Å²) >= 11 is 8.02. The number of pyridine rings is 1. The molecule has 2 heterocycles. The Morgan fingerprint density at radius 2 is 1.92 bits per heavy atom. The van der Waals surface area contributed by atoms with E-state index in [1.165, 1.54) is 10.5 Å². The molecule has 0 atom stereocenters. The SMILES string of the molecule is Cc1ccc2nc(Cl)c(Cn3nnc(CSc4ccccc4)n3)cc2c1. The lowest BCUT2D eigenvalue weighted by Crippen LogP contribution is -2.05. The number of fused-ring (bicyclic) bond motifs is 1. The molecule has 2 aromatic carbocycles. The van der Waals surface area contributed by atoms with Crippen molar-refractivity contribution >= 4 is 34.3 Å². The molecular formula is C19H16ClN5S. The Morgan fingerprint density at radius 3 is 2.77 bits per heavy atom. The van der Waals surface area contributed by atoms with E-state index in [0.29, 0.717) is 23.3 Å².